The summed E-state index contributed by atoms with van der Waals surface area (Å²) in [6.45, 7) is 4.11. The summed E-state index contributed by atoms with van der Waals surface area (Å²) in [4.78, 5) is 33.7. The maximum atomic E-state index is 14.0. The Kier molecular flexibility index (Phi) is 8.20. The molecule has 1 spiro atoms. The molecule has 6 rings (SSSR count). The number of ether oxygens (including phenoxy) is 1. The molecule has 2 atom stereocenters. The number of aliphatic hydroxyl groups is 2. The van der Waals surface area contributed by atoms with E-state index < -0.39 is 23.0 Å². The number of aliphatic hydroxyl groups excluding tert-OH is 1. The number of anilines is 3. The zero-order valence-electron chi connectivity index (χ0n) is 25.3. The lowest BCUT2D eigenvalue weighted by molar-refractivity contribution is -0.139. The predicted octanol–water partition coefficient (Wildman–Crippen LogP) is 3.94. The summed E-state index contributed by atoms with van der Waals surface area (Å²) < 4.78 is 5.42. The molecule has 0 unspecified atom stereocenters. The molecule has 9 nitrogen and oxygen atoms in total. The van der Waals surface area contributed by atoms with Gasteiger partial charge in [0.05, 0.1) is 26.0 Å². The quantitative estimate of drug-likeness (QED) is 0.322. The van der Waals surface area contributed by atoms with Crippen molar-refractivity contribution in [2.24, 2.45) is 5.92 Å². The first-order chi connectivity index (χ1) is 21.3. The van der Waals surface area contributed by atoms with Gasteiger partial charge in [-0.15, -0.1) is 0 Å². The SMILES string of the molecule is COc1ccc2c(c1)[C@@](O)([C@H](C)/C=C/CCO)C(=O)N2Cc1ccc(N2CN(c3ccccc3)C3(CCNCC3)C2=O)cc1. The van der Waals surface area contributed by atoms with Gasteiger partial charge in [0.2, 0.25) is 0 Å². The number of rotatable bonds is 9. The lowest BCUT2D eigenvalue weighted by Gasteiger charge is -2.39. The van der Waals surface area contributed by atoms with E-state index in [0.717, 1.165) is 42.9 Å². The molecule has 0 radical (unpaired) electrons. The van der Waals surface area contributed by atoms with Crippen LogP contribution in [0.1, 0.15) is 37.3 Å². The Balaban J connectivity index is 1.26. The maximum Gasteiger partial charge on any atom is 0.264 e. The van der Waals surface area contributed by atoms with Crippen LogP contribution in [-0.2, 0) is 21.7 Å². The molecule has 3 heterocycles. The number of hydrogen-bond acceptors (Lipinski definition) is 7. The number of fused-ring (bicyclic) bond motifs is 1. The van der Waals surface area contributed by atoms with Gasteiger partial charge >= 0.3 is 0 Å². The molecule has 3 aromatic rings. The van der Waals surface area contributed by atoms with E-state index in [0.29, 0.717) is 30.1 Å². The molecule has 0 aliphatic carbocycles. The van der Waals surface area contributed by atoms with E-state index in [4.69, 9.17) is 4.74 Å². The average molecular weight is 597 g/mol. The third-order valence-electron chi connectivity index (χ3n) is 9.39. The van der Waals surface area contributed by atoms with Crippen molar-refractivity contribution in [1.29, 1.82) is 0 Å². The number of amides is 2. The van der Waals surface area contributed by atoms with Crippen molar-refractivity contribution in [1.82, 2.24) is 5.32 Å². The summed E-state index contributed by atoms with van der Waals surface area (Å²) in [5, 5.41) is 24.5. The molecule has 230 valence electrons. The first-order valence-electron chi connectivity index (χ1n) is 15.3. The fourth-order valence-corrected chi connectivity index (χ4v) is 6.86. The molecule has 2 saturated heterocycles. The van der Waals surface area contributed by atoms with Gasteiger partial charge in [0.25, 0.3) is 11.8 Å². The zero-order chi connectivity index (χ0) is 30.9. The summed E-state index contributed by atoms with van der Waals surface area (Å²) in [5.41, 5.74) is 1.50. The van der Waals surface area contributed by atoms with E-state index in [9.17, 15) is 19.8 Å². The van der Waals surface area contributed by atoms with E-state index in [1.807, 2.05) is 53.4 Å². The Morgan fingerprint density at radius 3 is 2.39 bits per heavy atom. The molecule has 3 N–H and O–H groups in total. The van der Waals surface area contributed by atoms with Gasteiger partial charge in [-0.2, -0.15) is 0 Å². The number of hydrogen-bond donors (Lipinski definition) is 3. The van der Waals surface area contributed by atoms with Crippen LogP contribution in [0.4, 0.5) is 17.1 Å². The van der Waals surface area contributed by atoms with E-state index in [1.54, 1.807) is 43.2 Å². The number of nitrogens with one attached hydrogen (secondary N) is 1. The Labute approximate surface area is 258 Å². The highest BCUT2D eigenvalue weighted by molar-refractivity contribution is 6.08. The van der Waals surface area contributed by atoms with Crippen LogP contribution >= 0.6 is 0 Å². The van der Waals surface area contributed by atoms with Crippen LogP contribution in [0.5, 0.6) is 5.75 Å². The highest BCUT2D eigenvalue weighted by Gasteiger charge is 2.54. The summed E-state index contributed by atoms with van der Waals surface area (Å²) in [7, 11) is 1.55. The van der Waals surface area contributed by atoms with Crippen molar-refractivity contribution >= 4 is 28.9 Å². The standard InChI is InChI=1S/C35H40N4O5/c1-25(8-6-7-21-40)35(43)30-22-29(44-2)15-16-31(30)37(33(35)42)23-26-11-13-27(14-12-26)38-24-39(28-9-4-3-5-10-28)34(32(38)41)17-19-36-20-18-34/h3-6,8-16,22,25,36,40,43H,7,17-21,23-24H2,1-2H3/b8-6+/t25-,35+/m1/s1. The normalized spacial score (nSPS) is 21.9. The summed E-state index contributed by atoms with van der Waals surface area (Å²) in [6, 6.07) is 23.2. The Hall–Kier alpha value is -4.18. The van der Waals surface area contributed by atoms with Crippen molar-refractivity contribution < 1.29 is 24.5 Å². The first-order valence-corrected chi connectivity index (χ1v) is 15.3. The van der Waals surface area contributed by atoms with Gasteiger partial charge < -0.3 is 30.1 Å². The fourth-order valence-electron chi connectivity index (χ4n) is 6.86. The van der Waals surface area contributed by atoms with E-state index in [-0.39, 0.29) is 19.1 Å². The van der Waals surface area contributed by atoms with Crippen molar-refractivity contribution in [3.05, 3.63) is 96.1 Å². The molecule has 3 aliphatic heterocycles. The van der Waals surface area contributed by atoms with E-state index >= 15 is 0 Å². The second-order valence-corrected chi connectivity index (χ2v) is 11.9. The number of methoxy groups -OCH3 is 1. The Morgan fingerprint density at radius 2 is 1.70 bits per heavy atom. The van der Waals surface area contributed by atoms with Crippen molar-refractivity contribution in [2.45, 2.75) is 43.9 Å². The molecule has 2 fully saturated rings. The van der Waals surface area contributed by atoms with Gasteiger partial charge in [0.1, 0.15) is 11.3 Å². The van der Waals surface area contributed by atoms with Gasteiger partial charge in [-0.1, -0.05) is 49.4 Å². The minimum absolute atomic E-state index is 0.00632. The van der Waals surface area contributed by atoms with Crippen LogP contribution in [-0.4, -0.2) is 61.0 Å². The number of piperidine rings is 1. The first kappa shape index (κ1) is 29.9. The van der Waals surface area contributed by atoms with Crippen LogP contribution in [0.2, 0.25) is 0 Å². The molecule has 9 heteroatoms. The van der Waals surface area contributed by atoms with Crippen LogP contribution < -0.4 is 24.8 Å². The van der Waals surface area contributed by atoms with Gasteiger partial charge in [0.15, 0.2) is 5.60 Å². The molecule has 0 saturated carbocycles. The van der Waals surface area contributed by atoms with E-state index in [1.165, 1.54) is 0 Å². The van der Waals surface area contributed by atoms with Gasteiger partial charge in [-0.25, -0.2) is 0 Å². The van der Waals surface area contributed by atoms with Crippen molar-refractivity contribution in [3.63, 3.8) is 0 Å². The molecule has 0 bridgehead atoms. The Bertz CT molecular complexity index is 1540. The molecular weight excluding hydrogens is 556 g/mol. The molecular formula is C35H40N4O5. The van der Waals surface area contributed by atoms with Gasteiger partial charge in [-0.3, -0.25) is 14.5 Å². The van der Waals surface area contributed by atoms with Crippen molar-refractivity contribution in [2.75, 3.05) is 48.2 Å². The lowest BCUT2D eigenvalue weighted by Crippen LogP contribution is -2.55. The molecule has 3 aromatic carbocycles. The fraction of sp³-hybridized carbons (Fsp3) is 0.371. The second-order valence-electron chi connectivity index (χ2n) is 11.9. The van der Waals surface area contributed by atoms with Crippen LogP contribution in [0.25, 0.3) is 0 Å². The predicted molar refractivity (Wildman–Crippen MR) is 171 cm³/mol. The van der Waals surface area contributed by atoms with Crippen LogP contribution in [0, 0.1) is 5.92 Å². The smallest absolute Gasteiger partial charge is 0.264 e. The second kappa shape index (κ2) is 12.1. The number of carbonyl (C=O) groups is 2. The summed E-state index contributed by atoms with van der Waals surface area (Å²) in [5.74, 6) is -0.275. The third kappa shape index (κ3) is 4.95. The topological polar surface area (TPSA) is 106 Å². The third-order valence-corrected chi connectivity index (χ3v) is 9.39. The molecule has 2 amide bonds. The average Bonchev–Trinajstić information content (AvgIpc) is 3.45. The van der Waals surface area contributed by atoms with Crippen molar-refractivity contribution in [3.8, 4) is 5.75 Å². The zero-order valence-corrected chi connectivity index (χ0v) is 25.3. The summed E-state index contributed by atoms with van der Waals surface area (Å²) in [6.07, 6.45) is 5.48. The van der Waals surface area contributed by atoms with E-state index in [2.05, 4.69) is 22.3 Å². The number of para-hydroxylation sites is 1. The molecule has 0 aromatic heterocycles. The Morgan fingerprint density at radius 1 is 0.977 bits per heavy atom. The highest BCUT2D eigenvalue weighted by atomic mass is 16.5. The maximum absolute atomic E-state index is 14.0. The largest absolute Gasteiger partial charge is 0.497 e. The van der Waals surface area contributed by atoms with Gasteiger partial charge in [-0.05, 0) is 80.4 Å². The monoisotopic (exact) mass is 596 g/mol. The lowest BCUT2D eigenvalue weighted by atomic mass is 9.83. The molecule has 44 heavy (non-hydrogen) atoms. The molecule has 3 aliphatic rings. The number of nitrogens with zero attached hydrogens (tertiary/aromatic N) is 3. The number of carbonyl (C=O) groups excluding carboxylic acids is 2. The van der Waals surface area contributed by atoms with Gasteiger partial charge in [0, 0.05) is 29.5 Å². The number of benzene rings is 3. The minimum Gasteiger partial charge on any atom is -0.497 e. The van der Waals surface area contributed by atoms with Crippen LogP contribution in [0.3, 0.4) is 0 Å². The minimum atomic E-state index is -1.78. The van der Waals surface area contributed by atoms with Crippen LogP contribution in [0.15, 0.2) is 84.9 Å². The highest BCUT2D eigenvalue weighted by Crippen LogP contribution is 2.47. The summed E-state index contributed by atoms with van der Waals surface area (Å²) >= 11 is 0.